The van der Waals surface area contributed by atoms with Gasteiger partial charge in [-0.25, -0.2) is 9.59 Å². The number of alkyl carbamates (subject to hydrolysis) is 2. The number of hydrogen-bond acceptors (Lipinski definition) is 8. The van der Waals surface area contributed by atoms with Gasteiger partial charge in [-0.1, -0.05) is 79.4 Å². The zero-order valence-corrected chi connectivity index (χ0v) is 27.7. The Labute approximate surface area is 283 Å². The van der Waals surface area contributed by atoms with Crippen LogP contribution in [0.4, 0.5) is 22.8 Å². The van der Waals surface area contributed by atoms with E-state index in [4.69, 9.17) is 18.9 Å². The van der Waals surface area contributed by atoms with E-state index in [1.807, 2.05) is 60.7 Å². The van der Waals surface area contributed by atoms with Crippen LogP contribution in [0.15, 0.2) is 96.4 Å². The molecule has 1 unspecified atom stereocenters. The molecule has 266 valence electrons. The van der Waals surface area contributed by atoms with E-state index in [0.717, 1.165) is 11.1 Å². The van der Waals surface area contributed by atoms with Crippen molar-refractivity contribution in [2.24, 2.45) is 0 Å². The van der Waals surface area contributed by atoms with Gasteiger partial charge in [0.15, 0.2) is 0 Å². The molecule has 1 saturated heterocycles. The number of ether oxygens (including phenoxy) is 4. The summed E-state index contributed by atoms with van der Waals surface area (Å²) in [7, 11) is 2.70. The van der Waals surface area contributed by atoms with Gasteiger partial charge < -0.3 is 40.2 Å². The van der Waals surface area contributed by atoms with Crippen molar-refractivity contribution < 1.29 is 46.5 Å². The van der Waals surface area contributed by atoms with Crippen LogP contribution in [0.5, 0.6) is 0 Å². The second-order valence-corrected chi connectivity index (χ2v) is 11.1. The minimum Gasteiger partial charge on any atom is -0.499 e. The summed E-state index contributed by atoms with van der Waals surface area (Å²) < 4.78 is 58.2. The van der Waals surface area contributed by atoms with Gasteiger partial charge >= 0.3 is 18.4 Å². The molecule has 2 aromatic rings. The molecule has 1 heterocycles. The topological polar surface area (TPSA) is 136 Å². The van der Waals surface area contributed by atoms with Crippen molar-refractivity contribution in [3.05, 3.63) is 108 Å². The molecule has 0 saturated carbocycles. The molecule has 2 aromatic carbocycles. The molecule has 1 fully saturated rings. The van der Waals surface area contributed by atoms with Crippen LogP contribution in [-0.4, -0.2) is 83.0 Å². The van der Waals surface area contributed by atoms with Gasteiger partial charge in [0.2, 0.25) is 5.91 Å². The first-order valence-corrected chi connectivity index (χ1v) is 15.6. The predicted octanol–water partition coefficient (Wildman–Crippen LogP) is 5.08. The summed E-state index contributed by atoms with van der Waals surface area (Å²) in [5.74, 6) is -0.674. The van der Waals surface area contributed by atoms with E-state index in [1.165, 1.54) is 14.2 Å². The van der Waals surface area contributed by atoms with E-state index in [-0.39, 0.29) is 19.3 Å². The third-order valence-electron chi connectivity index (χ3n) is 7.69. The highest BCUT2D eigenvalue weighted by atomic mass is 19.4. The van der Waals surface area contributed by atoms with E-state index in [2.05, 4.69) is 22.5 Å². The molecular weight excluding hydrogens is 645 g/mol. The molecule has 11 nitrogen and oxygen atoms in total. The standard InChI is InChI=1S/C35H43F3N4O7/c1-5-12-26(17-18-28-19-39-27(20-48-28)21-49-33(44)40-22-35(36,37)38)30(23(2)46-3)41-32(43)31(42-34(45)47-4)29(24-13-8-6-9-14-24)25-15-10-7-11-16-25/h5-16,27-29,31,39H,1,17-22H2,2-4H3,(H,40,44)(H,41,43)(H,42,45)/b26-12-,30-23-/t27-,28+,31?/m0/s1. The summed E-state index contributed by atoms with van der Waals surface area (Å²) in [6, 6.07) is 17.2. The summed E-state index contributed by atoms with van der Waals surface area (Å²) in [5, 5.41) is 10.6. The van der Waals surface area contributed by atoms with Gasteiger partial charge in [0.05, 0.1) is 38.7 Å². The van der Waals surface area contributed by atoms with Crippen LogP contribution in [0.2, 0.25) is 0 Å². The fraction of sp³-hybridized carbons (Fsp3) is 0.400. The van der Waals surface area contributed by atoms with Crippen LogP contribution < -0.4 is 21.3 Å². The number of benzene rings is 2. The maximum atomic E-state index is 14.2. The first-order valence-electron chi connectivity index (χ1n) is 15.6. The Morgan fingerprint density at radius 2 is 1.65 bits per heavy atom. The fourth-order valence-corrected chi connectivity index (χ4v) is 5.19. The Hall–Kier alpha value is -4.82. The molecule has 49 heavy (non-hydrogen) atoms. The largest absolute Gasteiger partial charge is 0.499 e. The number of amides is 3. The Morgan fingerprint density at radius 3 is 2.16 bits per heavy atom. The van der Waals surface area contributed by atoms with Crippen molar-refractivity contribution in [3.63, 3.8) is 0 Å². The quantitative estimate of drug-likeness (QED) is 0.150. The van der Waals surface area contributed by atoms with Crippen molar-refractivity contribution in [2.75, 3.05) is 40.5 Å². The Balaban J connectivity index is 1.73. The summed E-state index contributed by atoms with van der Waals surface area (Å²) in [6.07, 6.45) is -2.49. The van der Waals surface area contributed by atoms with Crippen molar-refractivity contribution in [3.8, 4) is 0 Å². The Bertz CT molecular complexity index is 1400. The summed E-state index contributed by atoms with van der Waals surface area (Å²) in [5.41, 5.74) is 2.68. The van der Waals surface area contributed by atoms with Gasteiger partial charge in [-0.15, -0.1) is 0 Å². The van der Waals surface area contributed by atoms with E-state index in [9.17, 15) is 27.6 Å². The predicted molar refractivity (Wildman–Crippen MR) is 176 cm³/mol. The molecule has 0 aliphatic carbocycles. The van der Waals surface area contributed by atoms with Gasteiger partial charge in [0.1, 0.15) is 25.0 Å². The molecule has 14 heteroatoms. The molecule has 0 spiro atoms. The average Bonchev–Trinajstić information content (AvgIpc) is 3.11. The second-order valence-electron chi connectivity index (χ2n) is 11.1. The number of carbonyl (C=O) groups is 3. The number of hydrogen-bond donors (Lipinski definition) is 4. The molecule has 0 radical (unpaired) electrons. The van der Waals surface area contributed by atoms with Crippen LogP contribution in [-0.2, 0) is 23.7 Å². The summed E-state index contributed by atoms with van der Waals surface area (Å²) >= 11 is 0. The second kappa shape index (κ2) is 19.2. The number of morpholine rings is 1. The maximum absolute atomic E-state index is 14.2. The highest BCUT2D eigenvalue weighted by molar-refractivity contribution is 5.89. The highest BCUT2D eigenvalue weighted by Crippen LogP contribution is 2.30. The average molecular weight is 689 g/mol. The van der Waals surface area contributed by atoms with Gasteiger partial charge in [0.25, 0.3) is 0 Å². The molecule has 1 aliphatic heterocycles. The fourth-order valence-electron chi connectivity index (χ4n) is 5.19. The lowest BCUT2D eigenvalue weighted by Crippen LogP contribution is -2.50. The lowest BCUT2D eigenvalue weighted by atomic mass is 9.84. The maximum Gasteiger partial charge on any atom is 0.407 e. The minimum atomic E-state index is -4.54. The number of allylic oxidation sites excluding steroid dienone is 4. The van der Waals surface area contributed by atoms with Crippen molar-refractivity contribution in [1.82, 2.24) is 21.3 Å². The first-order chi connectivity index (χ1) is 23.4. The molecule has 3 rings (SSSR count). The van der Waals surface area contributed by atoms with Gasteiger partial charge in [-0.2, -0.15) is 13.2 Å². The van der Waals surface area contributed by atoms with Crippen LogP contribution >= 0.6 is 0 Å². The highest BCUT2D eigenvalue weighted by Gasteiger charge is 2.34. The number of alkyl halides is 3. The van der Waals surface area contributed by atoms with Crippen LogP contribution in [0, 0.1) is 0 Å². The molecule has 0 aromatic heterocycles. The SMILES string of the molecule is C=C/C=C(CC[C@@H]1CN[C@H](COC(=O)NCC(F)(F)F)CO1)\C(NC(=O)C(NC(=O)OC)C(c1ccccc1)c1ccccc1)=C(/C)OC. The number of methoxy groups -OCH3 is 2. The minimum absolute atomic E-state index is 0.162. The van der Waals surface area contributed by atoms with Gasteiger partial charge in [-0.3, -0.25) is 4.79 Å². The normalized spacial score (nSPS) is 17.7. The molecule has 1 aliphatic rings. The lowest BCUT2D eigenvalue weighted by molar-refractivity contribution is -0.124. The molecule has 3 atom stereocenters. The van der Waals surface area contributed by atoms with E-state index in [0.29, 0.717) is 36.4 Å². The number of halogens is 3. The lowest BCUT2D eigenvalue weighted by Gasteiger charge is -2.31. The number of nitrogens with one attached hydrogen (secondary N) is 4. The first kappa shape index (κ1) is 38.6. The molecule has 3 amide bonds. The Kier molecular flexibility index (Phi) is 15.2. The monoisotopic (exact) mass is 688 g/mol. The summed E-state index contributed by atoms with van der Waals surface area (Å²) in [4.78, 5) is 38.4. The Morgan fingerprint density at radius 1 is 1.02 bits per heavy atom. The molecular formula is C35H43F3N4O7. The zero-order valence-electron chi connectivity index (χ0n) is 27.7. The van der Waals surface area contributed by atoms with Crippen molar-refractivity contribution in [2.45, 2.75) is 50.0 Å². The van der Waals surface area contributed by atoms with Gasteiger partial charge in [0, 0.05) is 12.5 Å². The molecule has 0 bridgehead atoms. The third-order valence-corrected chi connectivity index (χ3v) is 7.69. The number of rotatable bonds is 15. The van der Waals surface area contributed by atoms with Crippen molar-refractivity contribution >= 4 is 18.1 Å². The van der Waals surface area contributed by atoms with Gasteiger partial charge in [-0.05, 0) is 36.5 Å². The van der Waals surface area contributed by atoms with E-state index >= 15 is 0 Å². The number of carbonyl (C=O) groups excluding carboxylic acids is 3. The van der Waals surface area contributed by atoms with E-state index in [1.54, 1.807) is 24.4 Å². The summed E-state index contributed by atoms with van der Waals surface area (Å²) in [6.45, 7) is 4.43. The zero-order chi connectivity index (χ0) is 35.8. The van der Waals surface area contributed by atoms with Crippen LogP contribution in [0.25, 0.3) is 0 Å². The molecule has 4 N–H and O–H groups in total. The third kappa shape index (κ3) is 12.6. The van der Waals surface area contributed by atoms with Crippen LogP contribution in [0.1, 0.15) is 36.8 Å². The smallest absolute Gasteiger partial charge is 0.407 e. The van der Waals surface area contributed by atoms with Crippen molar-refractivity contribution in [1.29, 1.82) is 0 Å². The van der Waals surface area contributed by atoms with E-state index < -0.39 is 48.8 Å². The van der Waals surface area contributed by atoms with Crippen LogP contribution in [0.3, 0.4) is 0 Å².